The molecule has 0 aromatic carbocycles. The smallest absolute Gasteiger partial charge is 0.0644 e. The van der Waals surface area contributed by atoms with Crippen molar-refractivity contribution < 1.29 is 0 Å². The molecule has 0 aliphatic heterocycles. The van der Waals surface area contributed by atoms with Crippen LogP contribution in [0.25, 0.3) is 0 Å². The van der Waals surface area contributed by atoms with Crippen molar-refractivity contribution in [1.29, 1.82) is 0 Å². The Labute approximate surface area is 129 Å². The summed E-state index contributed by atoms with van der Waals surface area (Å²) in [7, 11) is 4.38. The van der Waals surface area contributed by atoms with Crippen LogP contribution >= 0.6 is 0 Å². The summed E-state index contributed by atoms with van der Waals surface area (Å²) in [6.07, 6.45) is 5.19. The quantitative estimate of drug-likeness (QED) is 0.905. The van der Waals surface area contributed by atoms with E-state index in [1.165, 1.54) is 42.6 Å². The average molecular weight is 292 g/mol. The molecule has 1 fully saturated rings. The maximum absolute atomic E-state index is 4.68. The molecule has 4 nitrogen and oxygen atoms in total. The molecule has 2 rings (SSSR count). The molecule has 1 heterocycles. The summed E-state index contributed by atoms with van der Waals surface area (Å²) in [6.45, 7) is 9.81. The summed E-state index contributed by atoms with van der Waals surface area (Å²) < 4.78 is 2.13. The highest BCUT2D eigenvalue weighted by Gasteiger charge is 2.28. The lowest BCUT2D eigenvalue weighted by Crippen LogP contribution is -2.41. The Kier molecular flexibility index (Phi) is 5.44. The van der Waals surface area contributed by atoms with E-state index in [1.807, 2.05) is 0 Å². The molecule has 120 valence electrons. The second-order valence-corrected chi connectivity index (χ2v) is 6.54. The first kappa shape index (κ1) is 16.5. The molecule has 1 aromatic rings. The zero-order valence-electron chi connectivity index (χ0n) is 14.6. The van der Waals surface area contributed by atoms with Crippen LogP contribution in [0.1, 0.15) is 62.5 Å². The maximum Gasteiger partial charge on any atom is 0.0644 e. The fraction of sp³-hybridized carbons (Fsp3) is 0.824. The van der Waals surface area contributed by atoms with Crippen LogP contribution in [-0.4, -0.2) is 40.9 Å². The van der Waals surface area contributed by atoms with Gasteiger partial charge >= 0.3 is 0 Å². The lowest BCUT2D eigenvalue weighted by Gasteiger charge is -2.38. The average Bonchev–Trinajstić information content (AvgIpc) is 2.80. The SMILES string of the molecule is CCn1nc(C)c(C(C)N(C)C2CCC(NC)CC2)c1C. The van der Waals surface area contributed by atoms with Crippen molar-refractivity contribution in [3.63, 3.8) is 0 Å². The van der Waals surface area contributed by atoms with Crippen LogP contribution in [0.15, 0.2) is 0 Å². The molecule has 1 saturated carbocycles. The number of aromatic nitrogens is 2. The third kappa shape index (κ3) is 3.32. The zero-order chi connectivity index (χ0) is 15.6. The molecule has 1 unspecified atom stereocenters. The summed E-state index contributed by atoms with van der Waals surface area (Å²) >= 11 is 0. The van der Waals surface area contributed by atoms with E-state index in [0.717, 1.165) is 12.6 Å². The van der Waals surface area contributed by atoms with E-state index in [4.69, 9.17) is 0 Å². The van der Waals surface area contributed by atoms with Crippen LogP contribution in [0.2, 0.25) is 0 Å². The predicted octanol–water partition coefficient (Wildman–Crippen LogP) is 3.04. The van der Waals surface area contributed by atoms with Gasteiger partial charge in [-0.1, -0.05) is 0 Å². The van der Waals surface area contributed by atoms with Gasteiger partial charge < -0.3 is 5.32 Å². The van der Waals surface area contributed by atoms with Gasteiger partial charge in [0, 0.05) is 35.9 Å². The Balaban J connectivity index is 2.09. The van der Waals surface area contributed by atoms with E-state index < -0.39 is 0 Å². The molecule has 0 radical (unpaired) electrons. The van der Waals surface area contributed by atoms with Crippen LogP contribution in [-0.2, 0) is 6.54 Å². The number of nitrogens with zero attached hydrogens (tertiary/aromatic N) is 3. The highest BCUT2D eigenvalue weighted by molar-refractivity contribution is 5.28. The molecular formula is C17H32N4. The second-order valence-electron chi connectivity index (χ2n) is 6.54. The van der Waals surface area contributed by atoms with E-state index in [1.54, 1.807) is 0 Å². The lowest BCUT2D eigenvalue weighted by atomic mass is 9.89. The molecule has 4 heteroatoms. The summed E-state index contributed by atoms with van der Waals surface area (Å²) in [4.78, 5) is 2.57. The van der Waals surface area contributed by atoms with E-state index >= 15 is 0 Å². The molecule has 21 heavy (non-hydrogen) atoms. The van der Waals surface area contributed by atoms with Gasteiger partial charge in [0.15, 0.2) is 0 Å². The fourth-order valence-corrected chi connectivity index (χ4v) is 3.91. The fourth-order valence-electron chi connectivity index (χ4n) is 3.91. The minimum atomic E-state index is 0.446. The largest absolute Gasteiger partial charge is 0.317 e. The molecule has 0 amide bonds. The summed E-state index contributed by atoms with van der Waals surface area (Å²) in [5, 5.41) is 8.10. The molecule has 1 aliphatic carbocycles. The lowest BCUT2D eigenvalue weighted by molar-refractivity contribution is 0.135. The molecule has 1 aliphatic rings. The first-order valence-electron chi connectivity index (χ1n) is 8.42. The van der Waals surface area contributed by atoms with Crippen molar-refractivity contribution in [2.24, 2.45) is 0 Å². The van der Waals surface area contributed by atoms with E-state index in [-0.39, 0.29) is 0 Å². The van der Waals surface area contributed by atoms with Gasteiger partial charge in [-0.3, -0.25) is 9.58 Å². The molecule has 0 spiro atoms. The highest BCUT2D eigenvalue weighted by atomic mass is 15.3. The highest BCUT2D eigenvalue weighted by Crippen LogP contribution is 2.31. The Morgan fingerprint density at radius 1 is 1.29 bits per heavy atom. The van der Waals surface area contributed by atoms with Crippen molar-refractivity contribution in [3.8, 4) is 0 Å². The number of aryl methyl sites for hydroxylation is 2. The Morgan fingerprint density at radius 2 is 1.90 bits per heavy atom. The van der Waals surface area contributed by atoms with Crippen molar-refractivity contribution in [1.82, 2.24) is 20.0 Å². The standard InChI is InChI=1S/C17H32N4/c1-7-21-14(4)17(12(2)19-21)13(3)20(6)16-10-8-15(18-5)9-11-16/h13,15-16,18H,7-11H2,1-6H3. The molecule has 0 saturated heterocycles. The maximum atomic E-state index is 4.68. The van der Waals surface area contributed by atoms with Crippen molar-refractivity contribution in [2.45, 2.75) is 78.0 Å². The number of nitrogens with one attached hydrogen (secondary N) is 1. The van der Waals surface area contributed by atoms with Crippen LogP contribution in [0.5, 0.6) is 0 Å². The van der Waals surface area contributed by atoms with Crippen molar-refractivity contribution in [2.75, 3.05) is 14.1 Å². The zero-order valence-corrected chi connectivity index (χ0v) is 14.6. The summed E-state index contributed by atoms with van der Waals surface area (Å²) in [5.74, 6) is 0. The van der Waals surface area contributed by atoms with Crippen molar-refractivity contribution in [3.05, 3.63) is 17.0 Å². The van der Waals surface area contributed by atoms with Crippen LogP contribution in [0, 0.1) is 13.8 Å². The second kappa shape index (κ2) is 6.93. The molecular weight excluding hydrogens is 260 g/mol. The van der Waals surface area contributed by atoms with E-state index in [0.29, 0.717) is 12.1 Å². The minimum Gasteiger partial charge on any atom is -0.317 e. The van der Waals surface area contributed by atoms with Gasteiger partial charge in [-0.2, -0.15) is 5.10 Å². The summed E-state index contributed by atoms with van der Waals surface area (Å²) in [5.41, 5.74) is 3.95. The van der Waals surface area contributed by atoms with Gasteiger partial charge in [-0.25, -0.2) is 0 Å². The van der Waals surface area contributed by atoms with E-state index in [2.05, 4.69) is 61.8 Å². The predicted molar refractivity (Wildman–Crippen MR) is 88.7 cm³/mol. The van der Waals surface area contributed by atoms with Gasteiger partial charge in [0.1, 0.15) is 0 Å². The van der Waals surface area contributed by atoms with Gasteiger partial charge in [-0.15, -0.1) is 0 Å². The normalized spacial score (nSPS) is 24.5. The number of rotatable bonds is 5. The molecule has 1 N–H and O–H groups in total. The monoisotopic (exact) mass is 292 g/mol. The van der Waals surface area contributed by atoms with Crippen LogP contribution in [0.4, 0.5) is 0 Å². The Hall–Kier alpha value is -0.870. The van der Waals surface area contributed by atoms with Gasteiger partial charge in [-0.05, 0) is 67.5 Å². The summed E-state index contributed by atoms with van der Waals surface area (Å²) in [6, 6.07) is 1.87. The molecule has 1 atom stereocenters. The Morgan fingerprint density at radius 3 is 2.38 bits per heavy atom. The third-order valence-electron chi connectivity index (χ3n) is 5.45. The van der Waals surface area contributed by atoms with Gasteiger partial charge in [0.25, 0.3) is 0 Å². The number of hydrogen-bond donors (Lipinski definition) is 1. The topological polar surface area (TPSA) is 33.1 Å². The minimum absolute atomic E-state index is 0.446. The molecule has 0 bridgehead atoms. The van der Waals surface area contributed by atoms with Crippen LogP contribution < -0.4 is 5.32 Å². The van der Waals surface area contributed by atoms with Gasteiger partial charge in [0.05, 0.1) is 5.69 Å². The first-order chi connectivity index (χ1) is 9.99. The van der Waals surface area contributed by atoms with E-state index in [9.17, 15) is 0 Å². The number of hydrogen-bond acceptors (Lipinski definition) is 3. The van der Waals surface area contributed by atoms with Crippen LogP contribution in [0.3, 0.4) is 0 Å². The van der Waals surface area contributed by atoms with Crippen molar-refractivity contribution >= 4 is 0 Å². The van der Waals surface area contributed by atoms with Gasteiger partial charge in [0.2, 0.25) is 0 Å². The molecule has 1 aromatic heterocycles. The Bertz CT molecular complexity index is 458. The first-order valence-corrected chi connectivity index (χ1v) is 8.42. The third-order valence-corrected chi connectivity index (χ3v) is 5.45.